The Balaban J connectivity index is 0.00000225. The van der Waals surface area contributed by atoms with Crippen LogP contribution in [-0.2, 0) is 4.79 Å². The average molecular weight is 386 g/mol. The first-order chi connectivity index (χ1) is 11.7. The second-order valence-corrected chi connectivity index (χ2v) is 7.55. The lowest BCUT2D eigenvalue weighted by atomic mass is 9.93. The Kier molecular flexibility index (Phi) is 8.19. The normalized spacial score (nSPS) is 19.2. The molecular weight excluding hydrogens is 358 g/mol. The predicted octanol–water partition coefficient (Wildman–Crippen LogP) is 2.62. The Bertz CT molecular complexity index is 547. The van der Waals surface area contributed by atoms with Crippen LogP contribution in [0, 0.1) is 5.92 Å². The molecule has 2 amide bonds. The summed E-state index contributed by atoms with van der Waals surface area (Å²) in [6.07, 6.45) is 4.92. The summed E-state index contributed by atoms with van der Waals surface area (Å²) in [5, 5.41) is 7.20. The number of nitrogens with zero attached hydrogens (tertiary/aromatic N) is 2. The lowest BCUT2D eigenvalue weighted by Crippen LogP contribution is -2.37. The van der Waals surface area contributed by atoms with E-state index >= 15 is 0 Å². The average Bonchev–Trinajstić information content (AvgIpc) is 3.04. The van der Waals surface area contributed by atoms with Gasteiger partial charge in [-0.25, -0.2) is 0 Å². The van der Waals surface area contributed by atoms with Crippen molar-refractivity contribution in [1.82, 2.24) is 15.1 Å². The van der Waals surface area contributed by atoms with Gasteiger partial charge in [0.15, 0.2) is 0 Å². The Morgan fingerprint density at radius 1 is 1.12 bits per heavy atom. The van der Waals surface area contributed by atoms with E-state index in [0.29, 0.717) is 25.4 Å². The molecule has 25 heavy (non-hydrogen) atoms. The Morgan fingerprint density at radius 2 is 1.84 bits per heavy atom. The molecule has 0 aromatic carbocycles. The molecular formula is C18H28ClN3O2S. The highest BCUT2D eigenvalue weighted by Gasteiger charge is 2.23. The minimum atomic E-state index is 0. The molecule has 0 spiro atoms. The smallest absolute Gasteiger partial charge is 0.254 e. The Labute approximate surface area is 160 Å². The molecule has 1 aromatic rings. The first-order valence-electron chi connectivity index (χ1n) is 9.04. The zero-order valence-corrected chi connectivity index (χ0v) is 16.2. The van der Waals surface area contributed by atoms with Crippen molar-refractivity contribution in [3.8, 4) is 0 Å². The van der Waals surface area contributed by atoms with Gasteiger partial charge >= 0.3 is 0 Å². The third kappa shape index (κ3) is 5.69. The van der Waals surface area contributed by atoms with Gasteiger partial charge in [-0.15, -0.1) is 12.4 Å². The van der Waals surface area contributed by atoms with E-state index in [4.69, 9.17) is 0 Å². The Hall–Kier alpha value is -1.11. The van der Waals surface area contributed by atoms with E-state index in [1.165, 1.54) is 12.8 Å². The fraction of sp³-hybridized carbons (Fsp3) is 0.667. The fourth-order valence-corrected chi connectivity index (χ4v) is 4.22. The SMILES string of the molecule is Cl.O=C(CCC1CCNCC1)N1CCCN(C(=O)c2ccsc2)CC1. The number of halogens is 1. The molecule has 1 aromatic heterocycles. The molecule has 0 radical (unpaired) electrons. The summed E-state index contributed by atoms with van der Waals surface area (Å²) in [6, 6.07) is 1.87. The Morgan fingerprint density at radius 3 is 2.56 bits per heavy atom. The van der Waals surface area contributed by atoms with Crippen molar-refractivity contribution >= 4 is 35.6 Å². The van der Waals surface area contributed by atoms with Crippen LogP contribution in [0.3, 0.4) is 0 Å². The second kappa shape index (κ2) is 10.1. The number of hydrogen-bond acceptors (Lipinski definition) is 4. The van der Waals surface area contributed by atoms with E-state index in [-0.39, 0.29) is 24.2 Å². The fourth-order valence-electron chi connectivity index (χ4n) is 3.59. The predicted molar refractivity (Wildman–Crippen MR) is 103 cm³/mol. The van der Waals surface area contributed by atoms with Crippen LogP contribution in [0.25, 0.3) is 0 Å². The number of piperidine rings is 1. The quantitative estimate of drug-likeness (QED) is 0.866. The van der Waals surface area contributed by atoms with Crippen LogP contribution < -0.4 is 5.32 Å². The van der Waals surface area contributed by atoms with Crippen LogP contribution in [0.4, 0.5) is 0 Å². The maximum atomic E-state index is 12.5. The molecule has 1 N–H and O–H groups in total. The van der Waals surface area contributed by atoms with E-state index in [1.807, 2.05) is 26.6 Å². The maximum Gasteiger partial charge on any atom is 0.254 e. The van der Waals surface area contributed by atoms with Gasteiger partial charge in [0.2, 0.25) is 5.91 Å². The van der Waals surface area contributed by atoms with Gasteiger partial charge in [0.1, 0.15) is 0 Å². The highest BCUT2D eigenvalue weighted by molar-refractivity contribution is 7.08. The van der Waals surface area contributed by atoms with Crippen molar-refractivity contribution in [2.75, 3.05) is 39.3 Å². The van der Waals surface area contributed by atoms with Crippen LogP contribution in [0.2, 0.25) is 0 Å². The zero-order chi connectivity index (χ0) is 16.8. The third-order valence-electron chi connectivity index (χ3n) is 5.13. The maximum absolute atomic E-state index is 12.5. The molecule has 0 saturated carbocycles. The van der Waals surface area contributed by atoms with Crippen molar-refractivity contribution in [3.63, 3.8) is 0 Å². The van der Waals surface area contributed by atoms with Crippen molar-refractivity contribution in [1.29, 1.82) is 0 Å². The van der Waals surface area contributed by atoms with Gasteiger partial charge in [0.25, 0.3) is 5.91 Å². The number of carbonyl (C=O) groups excluding carboxylic acids is 2. The van der Waals surface area contributed by atoms with Gasteiger partial charge in [0, 0.05) is 38.0 Å². The highest BCUT2D eigenvalue weighted by Crippen LogP contribution is 2.19. The van der Waals surface area contributed by atoms with Crippen molar-refractivity contribution < 1.29 is 9.59 Å². The number of thiophene rings is 1. The van der Waals surface area contributed by atoms with Gasteiger partial charge in [-0.05, 0) is 56.1 Å². The molecule has 140 valence electrons. The molecule has 2 aliphatic heterocycles. The van der Waals surface area contributed by atoms with E-state index in [2.05, 4.69) is 5.32 Å². The molecule has 5 nitrogen and oxygen atoms in total. The molecule has 3 rings (SSSR count). The lowest BCUT2D eigenvalue weighted by molar-refractivity contribution is -0.131. The number of carbonyl (C=O) groups is 2. The second-order valence-electron chi connectivity index (χ2n) is 6.77. The summed E-state index contributed by atoms with van der Waals surface area (Å²) < 4.78 is 0. The van der Waals surface area contributed by atoms with Crippen LogP contribution in [0.5, 0.6) is 0 Å². The molecule has 2 saturated heterocycles. The minimum absolute atomic E-state index is 0. The summed E-state index contributed by atoms with van der Waals surface area (Å²) in [6.45, 7) is 5.00. The van der Waals surface area contributed by atoms with Crippen LogP contribution in [-0.4, -0.2) is 60.9 Å². The summed E-state index contributed by atoms with van der Waals surface area (Å²) in [7, 11) is 0. The van der Waals surface area contributed by atoms with Gasteiger partial charge in [-0.3, -0.25) is 9.59 Å². The van der Waals surface area contributed by atoms with Crippen molar-refractivity contribution in [2.24, 2.45) is 5.92 Å². The summed E-state index contributed by atoms with van der Waals surface area (Å²) >= 11 is 1.55. The number of amides is 2. The van der Waals surface area contributed by atoms with E-state index in [9.17, 15) is 9.59 Å². The van der Waals surface area contributed by atoms with E-state index in [0.717, 1.165) is 44.6 Å². The van der Waals surface area contributed by atoms with Gasteiger partial charge < -0.3 is 15.1 Å². The van der Waals surface area contributed by atoms with Gasteiger partial charge in [0.05, 0.1) is 5.56 Å². The van der Waals surface area contributed by atoms with Gasteiger partial charge in [-0.2, -0.15) is 11.3 Å². The lowest BCUT2D eigenvalue weighted by Gasteiger charge is -2.25. The summed E-state index contributed by atoms with van der Waals surface area (Å²) in [4.78, 5) is 28.8. The first-order valence-corrected chi connectivity index (χ1v) is 9.98. The zero-order valence-electron chi connectivity index (χ0n) is 14.6. The van der Waals surface area contributed by atoms with Crippen molar-refractivity contribution in [2.45, 2.75) is 32.1 Å². The number of hydrogen-bond donors (Lipinski definition) is 1. The highest BCUT2D eigenvalue weighted by atomic mass is 35.5. The molecule has 0 aliphatic carbocycles. The summed E-state index contributed by atoms with van der Waals surface area (Å²) in [5.74, 6) is 1.05. The van der Waals surface area contributed by atoms with Crippen molar-refractivity contribution in [3.05, 3.63) is 22.4 Å². The molecule has 2 fully saturated rings. The van der Waals surface area contributed by atoms with Crippen LogP contribution >= 0.6 is 23.7 Å². The molecule has 3 heterocycles. The van der Waals surface area contributed by atoms with Gasteiger partial charge in [-0.1, -0.05) is 0 Å². The molecule has 7 heteroatoms. The summed E-state index contributed by atoms with van der Waals surface area (Å²) in [5.41, 5.74) is 0.769. The number of rotatable bonds is 4. The molecule has 0 atom stereocenters. The number of nitrogens with one attached hydrogen (secondary N) is 1. The van der Waals surface area contributed by atoms with Crippen LogP contribution in [0.15, 0.2) is 16.8 Å². The molecule has 0 bridgehead atoms. The third-order valence-corrected chi connectivity index (χ3v) is 5.81. The minimum Gasteiger partial charge on any atom is -0.341 e. The van der Waals surface area contributed by atoms with Crippen LogP contribution in [0.1, 0.15) is 42.5 Å². The van der Waals surface area contributed by atoms with E-state index < -0.39 is 0 Å². The monoisotopic (exact) mass is 385 g/mol. The topological polar surface area (TPSA) is 52.7 Å². The molecule has 2 aliphatic rings. The standard InChI is InChI=1S/C18H27N3O2S.ClH/c22-17(3-2-15-4-7-19-8-5-15)20-9-1-10-21(12-11-20)18(23)16-6-13-24-14-16;/h6,13-15,19H,1-5,7-12H2;1H. The largest absolute Gasteiger partial charge is 0.341 e. The first kappa shape index (κ1) is 20.2. The van der Waals surface area contributed by atoms with E-state index in [1.54, 1.807) is 11.3 Å². The molecule has 0 unspecified atom stereocenters.